The van der Waals surface area contributed by atoms with E-state index in [0.29, 0.717) is 25.8 Å². The summed E-state index contributed by atoms with van der Waals surface area (Å²) in [7, 11) is 0. The number of carbonyl (C=O) groups excluding carboxylic acids is 2. The summed E-state index contributed by atoms with van der Waals surface area (Å²) >= 11 is 1.14. The summed E-state index contributed by atoms with van der Waals surface area (Å²) in [6.07, 6.45) is 1.57. The number of benzene rings is 3. The molecule has 30 heavy (non-hydrogen) atoms. The SMILES string of the molecule is NCCC[C@@H](N)C(=O)N[C@H](Cc1ccccc1)C(=O)Sc1ccc2ccccc2c1. The molecule has 5 nitrogen and oxygen atoms in total. The monoisotopic (exact) mass is 421 g/mol. The molecule has 1 amide bonds. The van der Waals surface area contributed by atoms with Gasteiger partial charge in [0.25, 0.3) is 0 Å². The van der Waals surface area contributed by atoms with Crippen molar-refractivity contribution in [3.8, 4) is 0 Å². The van der Waals surface area contributed by atoms with Crippen LogP contribution in [0.5, 0.6) is 0 Å². The number of hydrogen-bond donors (Lipinski definition) is 3. The molecule has 0 fully saturated rings. The number of amides is 1. The van der Waals surface area contributed by atoms with Crippen molar-refractivity contribution >= 4 is 33.6 Å². The molecule has 0 heterocycles. The standard InChI is InChI=1S/C24H27N3O2S/c25-14-6-11-21(26)23(28)27-22(15-17-7-2-1-3-8-17)24(29)30-20-13-12-18-9-4-5-10-19(18)16-20/h1-5,7-10,12-13,16,21-22H,6,11,14-15,25-26H2,(H,27,28)/t21-,22-/m1/s1. The second kappa shape index (κ2) is 10.9. The molecule has 0 unspecified atom stereocenters. The van der Waals surface area contributed by atoms with Crippen molar-refractivity contribution in [2.45, 2.75) is 36.2 Å². The number of nitrogens with one attached hydrogen (secondary N) is 1. The zero-order valence-corrected chi connectivity index (χ0v) is 17.6. The average Bonchev–Trinajstić information content (AvgIpc) is 2.77. The Bertz CT molecular complexity index is 994. The van der Waals surface area contributed by atoms with E-state index < -0.39 is 12.1 Å². The first-order valence-corrected chi connectivity index (χ1v) is 10.9. The van der Waals surface area contributed by atoms with Crippen molar-refractivity contribution in [1.29, 1.82) is 0 Å². The molecule has 0 saturated carbocycles. The quantitative estimate of drug-likeness (QED) is 0.461. The van der Waals surface area contributed by atoms with Crippen LogP contribution in [-0.2, 0) is 16.0 Å². The highest BCUT2D eigenvalue weighted by Crippen LogP contribution is 2.26. The van der Waals surface area contributed by atoms with E-state index in [1.165, 1.54) is 0 Å². The Hall–Kier alpha value is -2.67. The number of hydrogen-bond acceptors (Lipinski definition) is 5. The summed E-state index contributed by atoms with van der Waals surface area (Å²) in [6, 6.07) is 22.2. The van der Waals surface area contributed by atoms with E-state index in [0.717, 1.165) is 33.0 Å². The van der Waals surface area contributed by atoms with Crippen molar-refractivity contribution in [3.05, 3.63) is 78.4 Å². The van der Waals surface area contributed by atoms with Crippen molar-refractivity contribution in [2.24, 2.45) is 11.5 Å². The summed E-state index contributed by atoms with van der Waals surface area (Å²) in [6.45, 7) is 0.477. The van der Waals surface area contributed by atoms with E-state index in [1.807, 2.05) is 72.8 Å². The fourth-order valence-electron chi connectivity index (χ4n) is 3.21. The largest absolute Gasteiger partial charge is 0.344 e. The molecule has 0 radical (unpaired) electrons. The molecule has 5 N–H and O–H groups in total. The van der Waals surface area contributed by atoms with E-state index in [1.54, 1.807) is 0 Å². The summed E-state index contributed by atoms with van der Waals surface area (Å²) in [5.41, 5.74) is 12.5. The Morgan fingerprint density at radius 3 is 2.37 bits per heavy atom. The van der Waals surface area contributed by atoms with Crippen molar-refractivity contribution in [1.82, 2.24) is 5.32 Å². The third-order valence-corrected chi connectivity index (χ3v) is 5.85. The van der Waals surface area contributed by atoms with Gasteiger partial charge < -0.3 is 16.8 Å². The maximum atomic E-state index is 13.1. The molecule has 3 rings (SSSR count). The van der Waals surface area contributed by atoms with E-state index in [4.69, 9.17) is 11.5 Å². The molecule has 3 aromatic rings. The molecular formula is C24H27N3O2S. The van der Waals surface area contributed by atoms with Crippen molar-refractivity contribution in [3.63, 3.8) is 0 Å². The predicted octanol–water partition coefficient (Wildman–Crippen LogP) is 3.25. The normalized spacial score (nSPS) is 13.0. The lowest BCUT2D eigenvalue weighted by Crippen LogP contribution is -2.48. The Balaban J connectivity index is 1.75. The second-order valence-electron chi connectivity index (χ2n) is 7.22. The maximum Gasteiger partial charge on any atom is 0.237 e. The van der Waals surface area contributed by atoms with Crippen LogP contribution >= 0.6 is 11.8 Å². The molecule has 0 aromatic heterocycles. The fraction of sp³-hybridized carbons (Fsp3) is 0.250. The molecule has 156 valence electrons. The zero-order chi connectivity index (χ0) is 21.3. The summed E-state index contributed by atoms with van der Waals surface area (Å²) in [5.74, 6) is -0.322. The highest BCUT2D eigenvalue weighted by Gasteiger charge is 2.24. The van der Waals surface area contributed by atoms with Gasteiger partial charge in [-0.15, -0.1) is 0 Å². The molecule has 0 aliphatic carbocycles. The molecule has 0 aliphatic heterocycles. The van der Waals surface area contributed by atoms with Gasteiger partial charge in [-0.2, -0.15) is 0 Å². The topological polar surface area (TPSA) is 98.2 Å². The minimum absolute atomic E-state index is 0.117. The number of thioether (sulfide) groups is 1. The molecule has 0 saturated heterocycles. The number of fused-ring (bicyclic) bond motifs is 1. The zero-order valence-electron chi connectivity index (χ0n) is 16.8. The maximum absolute atomic E-state index is 13.1. The first kappa shape index (κ1) is 22.0. The van der Waals surface area contributed by atoms with Gasteiger partial charge in [0.1, 0.15) is 6.04 Å². The van der Waals surface area contributed by atoms with E-state index >= 15 is 0 Å². The van der Waals surface area contributed by atoms with Crippen LogP contribution in [0.4, 0.5) is 0 Å². The van der Waals surface area contributed by atoms with Crippen LogP contribution in [0.2, 0.25) is 0 Å². The molecule has 3 aromatic carbocycles. The lowest BCUT2D eigenvalue weighted by molar-refractivity contribution is -0.125. The lowest BCUT2D eigenvalue weighted by Gasteiger charge is -2.20. The lowest BCUT2D eigenvalue weighted by atomic mass is 10.1. The van der Waals surface area contributed by atoms with Gasteiger partial charge in [-0.3, -0.25) is 9.59 Å². The highest BCUT2D eigenvalue weighted by molar-refractivity contribution is 8.13. The minimum Gasteiger partial charge on any atom is -0.344 e. The Morgan fingerprint density at radius 2 is 1.63 bits per heavy atom. The average molecular weight is 422 g/mol. The van der Waals surface area contributed by atoms with Crippen LogP contribution in [0.3, 0.4) is 0 Å². The predicted molar refractivity (Wildman–Crippen MR) is 123 cm³/mol. The smallest absolute Gasteiger partial charge is 0.237 e. The van der Waals surface area contributed by atoms with Crippen LogP contribution in [-0.4, -0.2) is 29.7 Å². The van der Waals surface area contributed by atoms with Crippen molar-refractivity contribution in [2.75, 3.05) is 6.54 Å². The van der Waals surface area contributed by atoms with Crippen molar-refractivity contribution < 1.29 is 9.59 Å². The van der Waals surface area contributed by atoms with Gasteiger partial charge in [-0.05, 0) is 59.6 Å². The summed E-state index contributed by atoms with van der Waals surface area (Å²) in [5, 5.41) is 4.93. The molecule has 0 bridgehead atoms. The van der Waals surface area contributed by atoms with E-state index in [2.05, 4.69) is 5.32 Å². The van der Waals surface area contributed by atoms with E-state index in [-0.39, 0.29) is 11.0 Å². The fourth-order valence-corrected chi connectivity index (χ4v) is 4.05. The van der Waals surface area contributed by atoms with Crippen LogP contribution in [0.15, 0.2) is 77.7 Å². The Kier molecular flexibility index (Phi) is 8.02. The van der Waals surface area contributed by atoms with Crippen LogP contribution in [0, 0.1) is 0 Å². The highest BCUT2D eigenvalue weighted by atomic mass is 32.2. The molecule has 2 atom stereocenters. The third kappa shape index (κ3) is 6.16. The molecular weight excluding hydrogens is 394 g/mol. The number of rotatable bonds is 9. The summed E-state index contributed by atoms with van der Waals surface area (Å²) < 4.78 is 0. The molecule has 0 aliphatic rings. The molecule has 6 heteroatoms. The third-order valence-electron chi connectivity index (χ3n) is 4.88. The second-order valence-corrected chi connectivity index (χ2v) is 8.30. The first-order chi connectivity index (χ1) is 14.6. The van der Waals surface area contributed by atoms with Gasteiger partial charge in [-0.1, -0.05) is 60.7 Å². The number of carbonyl (C=O) groups is 2. The van der Waals surface area contributed by atoms with Gasteiger partial charge in [0.05, 0.1) is 6.04 Å². The Morgan fingerprint density at radius 1 is 0.933 bits per heavy atom. The Labute approximate surface area is 181 Å². The van der Waals surface area contributed by atoms with Gasteiger partial charge in [0.15, 0.2) is 0 Å². The number of nitrogens with two attached hydrogens (primary N) is 2. The van der Waals surface area contributed by atoms with Gasteiger partial charge in [-0.25, -0.2) is 0 Å². The first-order valence-electron chi connectivity index (χ1n) is 10.1. The van der Waals surface area contributed by atoms with Gasteiger partial charge in [0, 0.05) is 11.3 Å². The van der Waals surface area contributed by atoms with Crippen LogP contribution in [0.25, 0.3) is 10.8 Å². The van der Waals surface area contributed by atoms with E-state index in [9.17, 15) is 9.59 Å². The van der Waals surface area contributed by atoms with Crippen LogP contribution in [0.1, 0.15) is 18.4 Å². The minimum atomic E-state index is -0.676. The molecule has 0 spiro atoms. The van der Waals surface area contributed by atoms with Gasteiger partial charge in [0.2, 0.25) is 11.0 Å². The van der Waals surface area contributed by atoms with Gasteiger partial charge >= 0.3 is 0 Å². The van der Waals surface area contributed by atoms with Crippen LogP contribution < -0.4 is 16.8 Å². The summed E-state index contributed by atoms with van der Waals surface area (Å²) in [4.78, 5) is 26.5.